The van der Waals surface area contributed by atoms with Crippen molar-refractivity contribution < 1.29 is 14.4 Å². The molecule has 0 saturated heterocycles. The summed E-state index contributed by atoms with van der Waals surface area (Å²) in [6.45, 7) is 1.90. The lowest BCUT2D eigenvalue weighted by Gasteiger charge is -2.09. The van der Waals surface area contributed by atoms with Crippen molar-refractivity contribution in [1.29, 1.82) is 0 Å². The summed E-state index contributed by atoms with van der Waals surface area (Å²) >= 11 is 17.4. The molecule has 1 aromatic carbocycles. The maximum absolute atomic E-state index is 11.2. The largest absolute Gasteiger partial charge is 0.482 e. The summed E-state index contributed by atoms with van der Waals surface area (Å²) in [6, 6.07) is 2.89. The fraction of sp³-hybridized carbons (Fsp3) is 0.300. The van der Waals surface area contributed by atoms with E-state index < -0.39 is 5.91 Å². The summed E-state index contributed by atoms with van der Waals surface area (Å²) in [6.07, 6.45) is 0. The number of halogens is 3. The van der Waals surface area contributed by atoms with Crippen LogP contribution in [-0.4, -0.2) is 19.1 Å². The number of hydrogen-bond donors (Lipinski definition) is 1. The lowest BCUT2D eigenvalue weighted by atomic mass is 10.3. The highest BCUT2D eigenvalue weighted by Crippen LogP contribution is 2.33. The van der Waals surface area contributed by atoms with E-state index in [0.717, 1.165) is 0 Å². The molecule has 94 valence electrons. The number of rotatable bonds is 5. The molecule has 0 fully saturated rings. The predicted molar refractivity (Wildman–Crippen MR) is 66.7 cm³/mol. The van der Waals surface area contributed by atoms with Crippen LogP contribution in [0, 0.1) is 0 Å². The van der Waals surface area contributed by atoms with E-state index in [-0.39, 0.29) is 17.4 Å². The number of amides is 1. The number of hydrogen-bond acceptors (Lipinski definition) is 3. The van der Waals surface area contributed by atoms with Crippen LogP contribution in [0.5, 0.6) is 5.75 Å². The first kappa shape index (κ1) is 14.4. The van der Waals surface area contributed by atoms with E-state index in [9.17, 15) is 4.79 Å². The van der Waals surface area contributed by atoms with Crippen LogP contribution in [0.1, 0.15) is 6.92 Å². The number of carbonyl (C=O) groups excluding carboxylic acids is 1. The lowest BCUT2D eigenvalue weighted by Crippen LogP contribution is -2.29. The van der Waals surface area contributed by atoms with Crippen LogP contribution in [0.25, 0.3) is 0 Å². The van der Waals surface area contributed by atoms with Gasteiger partial charge in [0.2, 0.25) is 0 Å². The van der Waals surface area contributed by atoms with E-state index in [1.807, 2.05) is 0 Å². The fourth-order valence-corrected chi connectivity index (χ4v) is 1.53. The first-order valence-corrected chi connectivity index (χ1v) is 5.86. The van der Waals surface area contributed by atoms with Crippen LogP contribution in [0.15, 0.2) is 12.1 Å². The van der Waals surface area contributed by atoms with E-state index in [0.29, 0.717) is 16.7 Å². The van der Waals surface area contributed by atoms with Gasteiger partial charge in [-0.15, -0.1) is 0 Å². The van der Waals surface area contributed by atoms with Crippen molar-refractivity contribution in [1.82, 2.24) is 5.48 Å². The zero-order valence-electron chi connectivity index (χ0n) is 8.93. The topological polar surface area (TPSA) is 47.6 Å². The Labute approximate surface area is 114 Å². The van der Waals surface area contributed by atoms with Gasteiger partial charge in [0.05, 0.1) is 21.7 Å². The van der Waals surface area contributed by atoms with Crippen molar-refractivity contribution in [3.8, 4) is 5.75 Å². The Morgan fingerprint density at radius 3 is 2.53 bits per heavy atom. The van der Waals surface area contributed by atoms with E-state index in [2.05, 4.69) is 5.48 Å². The summed E-state index contributed by atoms with van der Waals surface area (Å²) in [7, 11) is 0. The minimum absolute atomic E-state index is 0.225. The minimum Gasteiger partial charge on any atom is -0.482 e. The molecule has 0 bridgehead atoms. The first-order valence-electron chi connectivity index (χ1n) is 4.72. The van der Waals surface area contributed by atoms with E-state index in [1.165, 1.54) is 12.1 Å². The third-order valence-corrected chi connectivity index (χ3v) is 2.68. The Hall–Kier alpha value is -0.680. The number of carbonyl (C=O) groups is 1. The second-order valence-corrected chi connectivity index (χ2v) is 4.17. The second kappa shape index (κ2) is 6.91. The molecule has 0 unspecified atom stereocenters. The molecule has 1 rings (SSSR count). The monoisotopic (exact) mass is 297 g/mol. The molecule has 0 radical (unpaired) electrons. The number of benzene rings is 1. The molecule has 1 amide bonds. The van der Waals surface area contributed by atoms with Gasteiger partial charge in [-0.1, -0.05) is 34.8 Å². The molecule has 0 spiro atoms. The van der Waals surface area contributed by atoms with Gasteiger partial charge in [0.1, 0.15) is 5.75 Å². The van der Waals surface area contributed by atoms with Gasteiger partial charge >= 0.3 is 0 Å². The zero-order valence-corrected chi connectivity index (χ0v) is 11.2. The Morgan fingerprint density at radius 2 is 1.88 bits per heavy atom. The third-order valence-electron chi connectivity index (χ3n) is 1.66. The molecule has 1 aromatic rings. The second-order valence-electron chi connectivity index (χ2n) is 2.94. The van der Waals surface area contributed by atoms with Crippen LogP contribution in [0.2, 0.25) is 15.1 Å². The summed E-state index contributed by atoms with van der Waals surface area (Å²) in [5, 5.41) is 0.905. The molecule has 0 heterocycles. The summed E-state index contributed by atoms with van der Waals surface area (Å²) in [4.78, 5) is 15.9. The molecule has 4 nitrogen and oxygen atoms in total. The molecule has 0 aliphatic rings. The summed E-state index contributed by atoms with van der Waals surface area (Å²) < 4.78 is 5.16. The molecule has 0 aliphatic carbocycles. The molecule has 0 aliphatic heterocycles. The molecule has 17 heavy (non-hydrogen) atoms. The van der Waals surface area contributed by atoms with E-state index in [1.54, 1.807) is 6.92 Å². The molecule has 0 atom stereocenters. The molecular weight excluding hydrogens is 288 g/mol. The van der Waals surface area contributed by atoms with Gasteiger partial charge in [-0.2, -0.15) is 0 Å². The van der Waals surface area contributed by atoms with E-state index >= 15 is 0 Å². The van der Waals surface area contributed by atoms with Crippen molar-refractivity contribution in [3.63, 3.8) is 0 Å². The van der Waals surface area contributed by atoms with Crippen molar-refractivity contribution in [2.75, 3.05) is 13.2 Å². The van der Waals surface area contributed by atoms with Crippen LogP contribution in [0.3, 0.4) is 0 Å². The lowest BCUT2D eigenvalue weighted by molar-refractivity contribution is -0.135. The molecular formula is C10H10Cl3NO3. The molecule has 0 aromatic heterocycles. The Kier molecular flexibility index (Phi) is 5.85. The third kappa shape index (κ3) is 4.60. The SMILES string of the molecule is CCONC(=O)COc1cc(Cl)c(Cl)cc1Cl. The van der Waals surface area contributed by atoms with Gasteiger partial charge in [-0.25, -0.2) is 5.48 Å². The van der Waals surface area contributed by atoms with Gasteiger partial charge in [0.25, 0.3) is 5.91 Å². The summed E-state index contributed by atoms with van der Waals surface area (Å²) in [5.74, 6) is -0.137. The van der Waals surface area contributed by atoms with Crippen LogP contribution in [-0.2, 0) is 9.63 Å². The first-order chi connectivity index (χ1) is 8.04. The maximum Gasteiger partial charge on any atom is 0.281 e. The van der Waals surface area contributed by atoms with Crippen LogP contribution < -0.4 is 10.2 Å². The van der Waals surface area contributed by atoms with Gasteiger partial charge in [-0.05, 0) is 13.0 Å². The predicted octanol–water partition coefficient (Wildman–Crippen LogP) is 3.09. The minimum atomic E-state index is -0.422. The average Bonchev–Trinajstić information content (AvgIpc) is 2.29. The van der Waals surface area contributed by atoms with Gasteiger partial charge in [0, 0.05) is 6.07 Å². The Bertz CT molecular complexity index is 412. The highest BCUT2D eigenvalue weighted by atomic mass is 35.5. The van der Waals surface area contributed by atoms with Crippen molar-refractivity contribution >= 4 is 40.7 Å². The van der Waals surface area contributed by atoms with Crippen molar-refractivity contribution in [2.24, 2.45) is 0 Å². The number of hydroxylamine groups is 1. The standard InChI is InChI=1S/C10H10Cl3NO3/c1-2-17-14-10(15)5-16-9-4-7(12)6(11)3-8(9)13/h3-4H,2,5H2,1H3,(H,14,15). The molecule has 0 saturated carbocycles. The van der Waals surface area contributed by atoms with E-state index in [4.69, 9.17) is 44.4 Å². The Morgan fingerprint density at radius 1 is 1.24 bits per heavy atom. The fourth-order valence-electron chi connectivity index (χ4n) is 0.940. The van der Waals surface area contributed by atoms with Crippen molar-refractivity contribution in [3.05, 3.63) is 27.2 Å². The quantitative estimate of drug-likeness (QED) is 0.671. The maximum atomic E-state index is 11.2. The van der Waals surface area contributed by atoms with Gasteiger partial charge in [-0.3, -0.25) is 9.63 Å². The number of ether oxygens (including phenoxy) is 1. The number of nitrogens with one attached hydrogen (secondary N) is 1. The zero-order chi connectivity index (χ0) is 12.8. The van der Waals surface area contributed by atoms with Crippen molar-refractivity contribution in [2.45, 2.75) is 6.92 Å². The highest BCUT2D eigenvalue weighted by Gasteiger charge is 2.09. The smallest absolute Gasteiger partial charge is 0.281 e. The molecule has 7 heteroatoms. The Balaban J connectivity index is 2.57. The van der Waals surface area contributed by atoms with Crippen LogP contribution in [0.4, 0.5) is 0 Å². The van der Waals surface area contributed by atoms with Gasteiger partial charge < -0.3 is 4.74 Å². The summed E-state index contributed by atoms with van der Waals surface area (Å²) in [5.41, 5.74) is 2.18. The molecule has 1 N–H and O–H groups in total. The normalized spacial score (nSPS) is 10.1. The van der Waals surface area contributed by atoms with Crippen LogP contribution >= 0.6 is 34.8 Å². The highest BCUT2D eigenvalue weighted by molar-refractivity contribution is 6.43. The average molecular weight is 299 g/mol. The van der Waals surface area contributed by atoms with Gasteiger partial charge in [0.15, 0.2) is 6.61 Å².